The van der Waals surface area contributed by atoms with Crippen LogP contribution in [0.25, 0.3) is 0 Å². The minimum absolute atomic E-state index is 0.00194. The van der Waals surface area contributed by atoms with Crippen LogP contribution in [0.1, 0.15) is 19.3 Å². The molecule has 1 unspecified atom stereocenters. The zero-order valence-corrected chi connectivity index (χ0v) is 10.6. The average molecular weight is 304 g/mol. The molecule has 2 heteroatoms. The van der Waals surface area contributed by atoms with E-state index in [1.165, 1.54) is 23.7 Å². The standard InChI is InChI=1S/C12H16OTe/c1-2-7-12(8-3-1)14-10-11-6-4-5-9-13-11/h1-3,7-8,11H,4-6,9-10H2. The van der Waals surface area contributed by atoms with Gasteiger partial charge in [0.15, 0.2) is 0 Å². The molecule has 76 valence electrons. The van der Waals surface area contributed by atoms with Crippen molar-refractivity contribution in [1.82, 2.24) is 0 Å². The van der Waals surface area contributed by atoms with E-state index >= 15 is 0 Å². The van der Waals surface area contributed by atoms with Gasteiger partial charge in [-0.2, -0.15) is 0 Å². The third kappa shape index (κ3) is 3.28. The Kier molecular flexibility index (Phi) is 4.31. The molecule has 1 saturated heterocycles. The molecule has 1 aliphatic rings. The van der Waals surface area contributed by atoms with Gasteiger partial charge in [0.25, 0.3) is 0 Å². The van der Waals surface area contributed by atoms with Crippen molar-refractivity contribution < 1.29 is 4.74 Å². The second-order valence-electron chi connectivity index (χ2n) is 3.61. The normalized spacial score (nSPS) is 22.1. The predicted molar refractivity (Wildman–Crippen MR) is 60.2 cm³/mol. The van der Waals surface area contributed by atoms with Crippen LogP contribution in [0.15, 0.2) is 30.3 Å². The topological polar surface area (TPSA) is 9.23 Å². The number of hydrogen-bond acceptors (Lipinski definition) is 1. The molecule has 1 aliphatic heterocycles. The summed E-state index contributed by atoms with van der Waals surface area (Å²) in [5, 5.41) is 0. The Balaban J connectivity index is 1.76. The van der Waals surface area contributed by atoms with E-state index in [0.29, 0.717) is 6.10 Å². The molecule has 14 heavy (non-hydrogen) atoms. The fourth-order valence-electron chi connectivity index (χ4n) is 1.64. The van der Waals surface area contributed by atoms with E-state index in [1.807, 2.05) is 0 Å². The first-order valence-electron chi connectivity index (χ1n) is 5.24. The van der Waals surface area contributed by atoms with Gasteiger partial charge in [0.05, 0.1) is 0 Å². The molecular formula is C12H16OTe. The molecule has 0 bridgehead atoms. The van der Waals surface area contributed by atoms with Crippen LogP contribution in [0.5, 0.6) is 0 Å². The van der Waals surface area contributed by atoms with Gasteiger partial charge in [-0.15, -0.1) is 0 Å². The molecule has 0 radical (unpaired) electrons. The van der Waals surface area contributed by atoms with Crippen molar-refractivity contribution in [1.29, 1.82) is 0 Å². The molecule has 1 fully saturated rings. The van der Waals surface area contributed by atoms with Crippen LogP contribution < -0.4 is 3.61 Å². The van der Waals surface area contributed by atoms with E-state index in [9.17, 15) is 0 Å². The summed E-state index contributed by atoms with van der Waals surface area (Å²) >= 11 is -0.00194. The van der Waals surface area contributed by atoms with Crippen LogP contribution >= 0.6 is 0 Å². The summed E-state index contributed by atoms with van der Waals surface area (Å²) in [5.41, 5.74) is 0. The summed E-state index contributed by atoms with van der Waals surface area (Å²) in [6, 6.07) is 10.9. The fourth-order valence-corrected chi connectivity index (χ4v) is 4.47. The van der Waals surface area contributed by atoms with E-state index in [2.05, 4.69) is 30.3 Å². The zero-order chi connectivity index (χ0) is 9.64. The molecule has 1 nitrogen and oxygen atoms in total. The maximum absolute atomic E-state index is 5.73. The van der Waals surface area contributed by atoms with Crippen molar-refractivity contribution in [3.05, 3.63) is 30.3 Å². The van der Waals surface area contributed by atoms with Crippen molar-refractivity contribution in [2.45, 2.75) is 29.8 Å². The Morgan fingerprint density at radius 1 is 1.21 bits per heavy atom. The summed E-state index contributed by atoms with van der Waals surface area (Å²) in [7, 11) is 0. The van der Waals surface area contributed by atoms with Gasteiger partial charge in [-0.3, -0.25) is 0 Å². The first-order valence-corrected chi connectivity index (χ1v) is 8.06. The quantitative estimate of drug-likeness (QED) is 0.776. The minimum atomic E-state index is -0.00194. The van der Waals surface area contributed by atoms with Gasteiger partial charge in [-0.1, -0.05) is 0 Å². The Morgan fingerprint density at radius 2 is 2.07 bits per heavy atom. The Hall–Kier alpha value is -0.0304. The molecule has 1 heterocycles. The van der Waals surface area contributed by atoms with Gasteiger partial charge >= 0.3 is 96.0 Å². The van der Waals surface area contributed by atoms with Crippen molar-refractivity contribution >= 4 is 24.5 Å². The molecule has 0 N–H and O–H groups in total. The Morgan fingerprint density at radius 3 is 2.79 bits per heavy atom. The summed E-state index contributed by atoms with van der Waals surface area (Å²) in [6.45, 7) is 0.992. The van der Waals surface area contributed by atoms with Crippen molar-refractivity contribution in [3.8, 4) is 0 Å². The third-order valence-corrected chi connectivity index (χ3v) is 5.72. The van der Waals surface area contributed by atoms with Crippen LogP contribution in [0.3, 0.4) is 0 Å². The second kappa shape index (κ2) is 5.75. The van der Waals surface area contributed by atoms with E-state index in [1.54, 1.807) is 3.61 Å². The molecule has 1 atom stereocenters. The van der Waals surface area contributed by atoms with Crippen LogP contribution in [-0.4, -0.2) is 33.6 Å². The first-order chi connectivity index (χ1) is 6.95. The maximum atomic E-state index is 5.73. The summed E-state index contributed by atoms with van der Waals surface area (Å²) in [5.74, 6) is 0. The average Bonchev–Trinajstić information content (AvgIpc) is 2.29. The van der Waals surface area contributed by atoms with Gasteiger partial charge in [0.1, 0.15) is 0 Å². The number of ether oxygens (including phenoxy) is 1. The summed E-state index contributed by atoms with van der Waals surface area (Å²) in [4.78, 5) is 0. The molecular weight excluding hydrogens is 288 g/mol. The van der Waals surface area contributed by atoms with E-state index in [0.717, 1.165) is 6.61 Å². The van der Waals surface area contributed by atoms with E-state index in [-0.39, 0.29) is 20.9 Å². The van der Waals surface area contributed by atoms with Crippen LogP contribution in [0.2, 0.25) is 4.47 Å². The molecule has 0 amide bonds. The predicted octanol–water partition coefficient (Wildman–Crippen LogP) is 2.00. The first kappa shape index (κ1) is 10.5. The van der Waals surface area contributed by atoms with Crippen LogP contribution in [0, 0.1) is 0 Å². The van der Waals surface area contributed by atoms with Crippen molar-refractivity contribution in [3.63, 3.8) is 0 Å². The van der Waals surface area contributed by atoms with Gasteiger partial charge < -0.3 is 0 Å². The molecule has 2 rings (SSSR count). The molecule has 0 aliphatic carbocycles. The Bertz CT molecular complexity index is 254. The van der Waals surface area contributed by atoms with Gasteiger partial charge in [-0.05, 0) is 0 Å². The Labute approximate surface area is 95.9 Å². The number of hydrogen-bond donors (Lipinski definition) is 0. The molecule has 0 spiro atoms. The SMILES string of the molecule is c1ccc([Te]CC2CCCCO2)cc1. The molecule has 1 aromatic carbocycles. The molecule has 0 saturated carbocycles. The molecule has 0 aromatic heterocycles. The van der Waals surface area contributed by atoms with E-state index in [4.69, 9.17) is 4.74 Å². The fraction of sp³-hybridized carbons (Fsp3) is 0.500. The number of rotatable bonds is 3. The van der Waals surface area contributed by atoms with Crippen LogP contribution in [-0.2, 0) is 4.74 Å². The monoisotopic (exact) mass is 306 g/mol. The van der Waals surface area contributed by atoms with Crippen molar-refractivity contribution in [2.24, 2.45) is 0 Å². The second-order valence-corrected chi connectivity index (χ2v) is 6.73. The van der Waals surface area contributed by atoms with E-state index < -0.39 is 0 Å². The zero-order valence-electron chi connectivity index (χ0n) is 8.32. The molecule has 1 aromatic rings. The summed E-state index contributed by atoms with van der Waals surface area (Å²) in [6.07, 6.45) is 4.50. The van der Waals surface area contributed by atoms with Gasteiger partial charge in [0, 0.05) is 0 Å². The van der Waals surface area contributed by atoms with Gasteiger partial charge in [-0.25, -0.2) is 0 Å². The van der Waals surface area contributed by atoms with Gasteiger partial charge in [0.2, 0.25) is 0 Å². The summed E-state index contributed by atoms with van der Waals surface area (Å²) < 4.78 is 8.61. The number of benzene rings is 1. The third-order valence-electron chi connectivity index (χ3n) is 2.45. The van der Waals surface area contributed by atoms with Crippen molar-refractivity contribution in [2.75, 3.05) is 6.61 Å². The van der Waals surface area contributed by atoms with Crippen LogP contribution in [0.4, 0.5) is 0 Å².